The van der Waals surface area contributed by atoms with Gasteiger partial charge in [-0.1, -0.05) is 123 Å². The summed E-state index contributed by atoms with van der Waals surface area (Å²) in [6.07, 6.45) is -1.52. The number of rotatable bonds is 24. The molecule has 1 unspecified atom stereocenters. The van der Waals surface area contributed by atoms with Crippen molar-refractivity contribution in [3.8, 4) is 0 Å². The molecule has 3 rings (SSSR count). The van der Waals surface area contributed by atoms with E-state index < -0.39 is 47.5 Å². The molecule has 1 aliphatic rings. The number of methoxy groups -OCH3 is 2. The Bertz CT molecular complexity index is 1930. The molecule has 21 heteroatoms. The van der Waals surface area contributed by atoms with Crippen LogP contribution in [0.3, 0.4) is 0 Å². The van der Waals surface area contributed by atoms with E-state index in [-0.39, 0.29) is 76.2 Å². The molecule has 1 aliphatic heterocycles. The number of nitrogens with one attached hydrogen (secondary N) is 1. The van der Waals surface area contributed by atoms with Crippen LogP contribution in [0.2, 0.25) is 0 Å². The maximum Gasteiger partial charge on any atom is 1.00 e. The van der Waals surface area contributed by atoms with E-state index in [2.05, 4.69) is 91.1 Å². The van der Waals surface area contributed by atoms with E-state index in [0.29, 0.717) is 66.7 Å². The van der Waals surface area contributed by atoms with Gasteiger partial charge in [0.25, 0.3) is 5.91 Å². The number of aliphatic hydroxyl groups is 1. The number of aliphatic carboxylic acids is 1. The number of hydrogen-bond acceptors (Lipinski definition) is 13. The van der Waals surface area contributed by atoms with Gasteiger partial charge < -0.3 is 49.6 Å². The fourth-order valence-electron chi connectivity index (χ4n) is 5.59. The summed E-state index contributed by atoms with van der Waals surface area (Å²) < 4.78 is 64.2. The number of alkyl halides is 4. The van der Waals surface area contributed by atoms with Gasteiger partial charge in [-0.2, -0.15) is 13.2 Å². The van der Waals surface area contributed by atoms with Crippen molar-refractivity contribution in [1.29, 1.82) is 0 Å². The second-order valence-corrected chi connectivity index (χ2v) is 20.5. The molecule has 16 nitrogen and oxygen atoms in total. The van der Waals surface area contributed by atoms with Crippen LogP contribution in [0.4, 0.5) is 18.9 Å². The molecule has 448 valence electrons. The molecule has 0 aromatic heterocycles. The Labute approximate surface area is 486 Å². The zero-order valence-electron chi connectivity index (χ0n) is 48.1. The van der Waals surface area contributed by atoms with Gasteiger partial charge >= 0.3 is 42.9 Å². The number of carbonyl (C=O) groups excluding carboxylic acids is 4. The first kappa shape index (κ1) is 85.4. The Kier molecular flexibility index (Phi) is 52.4. The second-order valence-electron chi connectivity index (χ2n) is 19.7. The molecule has 0 bridgehead atoms. The molecule has 2 aromatic carbocycles. The van der Waals surface area contributed by atoms with Crippen molar-refractivity contribution < 1.29 is 95.4 Å². The Morgan fingerprint density at radius 1 is 0.679 bits per heavy atom. The number of fused-ring (bicyclic) bond motifs is 1. The predicted molar refractivity (Wildman–Crippen MR) is 304 cm³/mol. The number of benzodiazepines with no additional fused rings is 1. The van der Waals surface area contributed by atoms with Crippen molar-refractivity contribution >= 4 is 57.1 Å². The molecule has 5 atom stereocenters. The van der Waals surface area contributed by atoms with Gasteiger partial charge in [0.15, 0.2) is 0 Å². The molecule has 0 radical (unpaired) electrons. The molecule has 0 spiro atoms. The van der Waals surface area contributed by atoms with Crippen LogP contribution in [0, 0.1) is 47.3 Å². The van der Waals surface area contributed by atoms with Crippen LogP contribution in [0.25, 0.3) is 0 Å². The molecular formula is C57H98BrF3LiN3O13. The van der Waals surface area contributed by atoms with E-state index in [1.54, 1.807) is 59.0 Å². The number of halogens is 4. The summed E-state index contributed by atoms with van der Waals surface area (Å²) in [4.78, 5) is 63.6. The largest absolute Gasteiger partial charge is 1.00 e. The number of amides is 2. The summed E-state index contributed by atoms with van der Waals surface area (Å²) in [5.74, 6) is -1.08. The first-order chi connectivity index (χ1) is 34.6. The van der Waals surface area contributed by atoms with Crippen LogP contribution in [0.5, 0.6) is 0 Å². The first-order valence-electron chi connectivity index (χ1n) is 25.3. The zero-order valence-corrected chi connectivity index (χ0v) is 49.7. The molecule has 0 saturated carbocycles. The molecule has 78 heavy (non-hydrogen) atoms. The number of likely N-dealkylation sites (N-methyl/N-ethyl adjacent to an activating group) is 1. The third-order valence-corrected chi connectivity index (χ3v) is 11.2. The van der Waals surface area contributed by atoms with E-state index in [1.807, 2.05) is 0 Å². The Hall–Kier alpha value is -3.87. The molecule has 2 amide bonds. The van der Waals surface area contributed by atoms with Crippen LogP contribution in [-0.2, 0) is 53.8 Å². The van der Waals surface area contributed by atoms with Crippen LogP contribution >= 0.6 is 15.9 Å². The van der Waals surface area contributed by atoms with E-state index >= 15 is 0 Å². The predicted octanol–water partition coefficient (Wildman–Crippen LogP) is 8.60. The van der Waals surface area contributed by atoms with Gasteiger partial charge in [0.05, 0.1) is 81.3 Å². The number of carboxylic acids is 1. The number of esters is 2. The minimum absolute atomic E-state index is 0. The Morgan fingerprint density at radius 3 is 1.45 bits per heavy atom. The topological polar surface area (TPSA) is 230 Å². The van der Waals surface area contributed by atoms with E-state index in [1.165, 1.54) is 37.7 Å². The third kappa shape index (κ3) is 38.7. The normalized spacial score (nSPS) is 13.9. The number of carbonyl (C=O) groups is 5. The Balaban J connectivity index is -0.000000249. The van der Waals surface area contributed by atoms with Crippen LogP contribution in [0.15, 0.2) is 53.5 Å². The summed E-state index contributed by atoms with van der Waals surface area (Å²) in [5, 5.41) is 20.7. The average Bonchev–Trinajstić information content (AvgIpc) is 3.45. The Morgan fingerprint density at radius 2 is 1.09 bits per heavy atom. The SMILES string of the molecule is C.C.CC(C)CCBr.CC(C)CCOC[C@@H](C)C(=O)NC1N=C(c2ccc(C(F)(F)F)cc2)c2ccccc2N(C)C1=O.CC(C)CCOC[C@@H](C)C(=O)O.COC(=O)[C@H](C)CO.COC(=O)[C@H](C)COCCC(C)C.[Li+].[OH-]. The number of anilines is 1. The van der Waals surface area contributed by atoms with Gasteiger partial charge in [-0.15, -0.1) is 0 Å². The van der Waals surface area contributed by atoms with Gasteiger partial charge in [0.2, 0.25) is 12.1 Å². The molecule has 4 N–H and O–H groups in total. The minimum atomic E-state index is -4.47. The van der Waals surface area contributed by atoms with Crippen molar-refractivity contribution in [3.63, 3.8) is 0 Å². The molecule has 0 aliphatic carbocycles. The zero-order chi connectivity index (χ0) is 57.1. The van der Waals surface area contributed by atoms with Crippen molar-refractivity contribution in [1.82, 2.24) is 5.32 Å². The smallest absolute Gasteiger partial charge is 0.870 e. The van der Waals surface area contributed by atoms with Crippen molar-refractivity contribution in [2.75, 3.05) is 77.7 Å². The minimum Gasteiger partial charge on any atom is -0.870 e. The summed E-state index contributed by atoms with van der Waals surface area (Å²) >= 11 is 3.35. The number of benzene rings is 2. The van der Waals surface area contributed by atoms with Crippen LogP contribution < -0.4 is 29.1 Å². The second kappa shape index (κ2) is 47.9. The number of carboxylic acid groups (broad SMARTS) is 1. The van der Waals surface area contributed by atoms with Crippen molar-refractivity contribution in [2.45, 2.75) is 136 Å². The van der Waals surface area contributed by atoms with Gasteiger partial charge in [0, 0.05) is 43.3 Å². The molecule has 0 fully saturated rings. The van der Waals surface area contributed by atoms with E-state index in [9.17, 15) is 37.1 Å². The number of hydrogen-bond donors (Lipinski definition) is 3. The molecule has 0 saturated heterocycles. The average molecular weight is 1180 g/mol. The van der Waals surface area contributed by atoms with Gasteiger partial charge in [-0.05, 0) is 88.3 Å². The monoisotopic (exact) mass is 1180 g/mol. The summed E-state index contributed by atoms with van der Waals surface area (Å²) in [6, 6.07) is 11.6. The van der Waals surface area contributed by atoms with Crippen molar-refractivity contribution in [3.05, 3.63) is 65.2 Å². The van der Waals surface area contributed by atoms with Gasteiger partial charge in [-0.3, -0.25) is 24.0 Å². The molecular weight excluding hydrogens is 1080 g/mol. The number of para-hydroxylation sites is 1. The quantitative estimate of drug-likeness (QED) is 0.0388. The van der Waals surface area contributed by atoms with Crippen LogP contribution in [0.1, 0.15) is 140 Å². The third-order valence-electron chi connectivity index (χ3n) is 10.8. The maximum absolute atomic E-state index is 13.2. The first-order valence-corrected chi connectivity index (χ1v) is 26.4. The summed E-state index contributed by atoms with van der Waals surface area (Å²) in [5.41, 5.74) is 1.05. The fraction of sp³-hybridized carbons (Fsp3) is 0.684. The molecule has 1 heterocycles. The van der Waals surface area contributed by atoms with Gasteiger partial charge in [0.1, 0.15) is 0 Å². The van der Waals surface area contributed by atoms with Gasteiger partial charge in [-0.25, -0.2) is 4.99 Å². The summed E-state index contributed by atoms with van der Waals surface area (Å²) in [6.45, 7) is 26.6. The molecule has 2 aromatic rings. The fourth-order valence-corrected chi connectivity index (χ4v) is 6.50. The van der Waals surface area contributed by atoms with Crippen LogP contribution in [-0.4, -0.2) is 130 Å². The number of nitrogens with zero attached hydrogens (tertiary/aromatic N) is 2. The van der Waals surface area contributed by atoms with Crippen molar-refractivity contribution in [2.24, 2.45) is 52.3 Å². The maximum atomic E-state index is 13.2. The van der Waals surface area contributed by atoms with E-state index in [0.717, 1.165) is 49.3 Å². The number of ether oxygens (including phenoxy) is 5. The summed E-state index contributed by atoms with van der Waals surface area (Å²) in [7, 11) is 4.27. The number of aliphatic imine (C=N–C) groups is 1. The standard InChI is InChI=1S/C26H30F3N3O3.C10H20O3.C9H18O3.C5H11Br.C5H10O3.2CH4.Li.H2O/c1-16(2)13-14-35-15-17(3)24(33)31-23-25(34)32(4)21-8-6-5-7-20(21)22(30-23)18-9-11-19(12-10-18)26(27,28)29;1-8(2)5-6-13-7-9(3)10(11)12-4;1-7(2)4-5-12-6-8(3)9(10)11;1-5(2)3-4-6;1-4(3-6)5(7)8-2;;;;/h5-12,16-17,23H,13-15H2,1-4H3,(H,31,33);8-9H,5-7H2,1-4H3;7-8H,4-6H2,1-3H3,(H,10,11);5H,3-4H2,1-2H3;4,6H,3H2,1-2H3;2*1H4;;1H2/q;;;;;;;+1;/p-1/t17-,23?;9-;8-;;4-;;;;/m111.1..../s1. The number of aliphatic hydroxyl groups excluding tert-OH is 1. The van der Waals surface area contributed by atoms with E-state index in [4.69, 9.17) is 24.4 Å².